The second-order valence-corrected chi connectivity index (χ2v) is 6.04. The average Bonchev–Trinajstić information content (AvgIpc) is 2.28. The fraction of sp³-hybridized carbons (Fsp3) is 0.417. The number of benzene rings is 1. The molecule has 0 spiro atoms. The van der Waals surface area contributed by atoms with E-state index in [2.05, 4.69) is 0 Å². The Morgan fingerprint density at radius 3 is 2.44 bits per heavy atom. The van der Waals surface area contributed by atoms with Crippen LogP contribution in [0.5, 0.6) is 5.75 Å². The summed E-state index contributed by atoms with van der Waals surface area (Å²) in [6.45, 7) is 0.423. The molecule has 0 amide bonds. The molecule has 0 saturated carbocycles. The third-order valence-corrected chi connectivity index (χ3v) is 3.80. The van der Waals surface area contributed by atoms with Crippen LogP contribution >= 0.6 is 0 Å². The first kappa shape index (κ1) is 14.5. The van der Waals surface area contributed by atoms with Crippen molar-refractivity contribution in [1.82, 2.24) is 0 Å². The topological polar surface area (TPSA) is 80.7 Å². The highest BCUT2D eigenvalue weighted by molar-refractivity contribution is 7.92. The van der Waals surface area contributed by atoms with Crippen LogP contribution in [0.1, 0.15) is 12.8 Å². The zero-order chi connectivity index (χ0) is 13.4. The quantitative estimate of drug-likeness (QED) is 0.722. The van der Waals surface area contributed by atoms with Gasteiger partial charge in [-0.05, 0) is 25.0 Å². The van der Waals surface area contributed by atoms with E-state index in [9.17, 15) is 13.2 Å². The molecule has 1 aromatic rings. The van der Waals surface area contributed by atoms with Crippen LogP contribution < -0.4 is 4.74 Å². The summed E-state index contributed by atoms with van der Waals surface area (Å²) >= 11 is 0. The molecule has 0 saturated heterocycles. The fourth-order valence-corrected chi connectivity index (χ4v) is 2.56. The Labute approximate surface area is 106 Å². The minimum atomic E-state index is -3.48. The van der Waals surface area contributed by atoms with E-state index in [-0.39, 0.29) is 5.75 Å². The van der Waals surface area contributed by atoms with Crippen LogP contribution in [0.4, 0.5) is 0 Å². The monoisotopic (exact) mass is 272 g/mol. The predicted molar refractivity (Wildman–Crippen MR) is 67.5 cm³/mol. The normalized spacial score (nSPS) is 11.1. The Morgan fingerprint density at radius 1 is 1.17 bits per heavy atom. The first-order valence-corrected chi connectivity index (χ1v) is 7.42. The summed E-state index contributed by atoms with van der Waals surface area (Å²) in [4.78, 5) is 10.3. The van der Waals surface area contributed by atoms with Gasteiger partial charge in [0, 0.05) is 0 Å². The number of sulfone groups is 1. The largest absolute Gasteiger partial charge is 0.494 e. The molecule has 0 radical (unpaired) electrons. The highest BCUT2D eigenvalue weighted by atomic mass is 32.2. The van der Waals surface area contributed by atoms with Crippen LogP contribution in [-0.2, 0) is 14.6 Å². The number of para-hydroxylation sites is 1. The van der Waals surface area contributed by atoms with Crippen molar-refractivity contribution < 1.29 is 23.1 Å². The average molecular weight is 272 g/mol. The SMILES string of the molecule is O=C(O)CS(=O)(=O)CCCCOc1ccccc1. The molecular formula is C12H16O5S. The van der Waals surface area contributed by atoms with Crippen molar-refractivity contribution in [3.8, 4) is 5.75 Å². The molecule has 0 aliphatic heterocycles. The Morgan fingerprint density at radius 2 is 1.83 bits per heavy atom. The van der Waals surface area contributed by atoms with Crippen molar-refractivity contribution in [2.75, 3.05) is 18.1 Å². The van der Waals surface area contributed by atoms with Crippen LogP contribution in [0.15, 0.2) is 30.3 Å². The molecule has 0 heterocycles. The Hall–Kier alpha value is -1.56. The zero-order valence-corrected chi connectivity index (χ0v) is 10.7. The number of unbranched alkanes of at least 4 members (excludes halogenated alkanes) is 1. The lowest BCUT2D eigenvalue weighted by molar-refractivity contribution is -0.134. The van der Waals surface area contributed by atoms with Gasteiger partial charge < -0.3 is 9.84 Å². The number of aliphatic carboxylic acids is 1. The van der Waals surface area contributed by atoms with E-state index in [0.29, 0.717) is 19.4 Å². The van der Waals surface area contributed by atoms with Crippen LogP contribution in [0.3, 0.4) is 0 Å². The Kier molecular flexibility index (Phi) is 5.64. The summed E-state index contributed by atoms with van der Waals surface area (Å²) in [5.41, 5.74) is 0. The Balaban J connectivity index is 2.18. The number of rotatable bonds is 8. The molecule has 0 aliphatic rings. The molecule has 18 heavy (non-hydrogen) atoms. The third-order valence-electron chi connectivity index (χ3n) is 2.21. The van der Waals surface area contributed by atoms with Gasteiger partial charge >= 0.3 is 5.97 Å². The second-order valence-electron chi connectivity index (χ2n) is 3.85. The van der Waals surface area contributed by atoms with Crippen molar-refractivity contribution >= 4 is 15.8 Å². The maximum atomic E-state index is 11.3. The Bertz CT molecular complexity index is 467. The molecule has 5 nitrogen and oxygen atoms in total. The highest BCUT2D eigenvalue weighted by Gasteiger charge is 2.14. The summed E-state index contributed by atoms with van der Waals surface area (Å²) in [6, 6.07) is 9.23. The minimum Gasteiger partial charge on any atom is -0.494 e. The van der Waals surface area contributed by atoms with Gasteiger partial charge in [0.1, 0.15) is 11.5 Å². The van der Waals surface area contributed by atoms with E-state index in [1.807, 2.05) is 30.3 Å². The number of hydrogen-bond donors (Lipinski definition) is 1. The molecule has 0 aromatic heterocycles. The molecule has 100 valence electrons. The number of hydrogen-bond acceptors (Lipinski definition) is 4. The first-order valence-electron chi connectivity index (χ1n) is 5.60. The molecule has 0 aliphatic carbocycles. The lowest BCUT2D eigenvalue weighted by atomic mass is 10.3. The second kappa shape index (κ2) is 7.00. The highest BCUT2D eigenvalue weighted by Crippen LogP contribution is 2.09. The van der Waals surface area contributed by atoms with Gasteiger partial charge in [0.05, 0.1) is 12.4 Å². The summed E-state index contributed by atoms with van der Waals surface area (Å²) < 4.78 is 27.9. The van der Waals surface area contributed by atoms with E-state index in [1.54, 1.807) is 0 Å². The van der Waals surface area contributed by atoms with Crippen LogP contribution in [0.25, 0.3) is 0 Å². The van der Waals surface area contributed by atoms with Crippen molar-refractivity contribution in [2.24, 2.45) is 0 Å². The summed E-state index contributed by atoms with van der Waals surface area (Å²) in [6.07, 6.45) is 0.982. The van der Waals surface area contributed by atoms with E-state index in [0.717, 1.165) is 5.75 Å². The van der Waals surface area contributed by atoms with Crippen molar-refractivity contribution in [3.05, 3.63) is 30.3 Å². The fourth-order valence-electron chi connectivity index (χ4n) is 1.39. The predicted octanol–water partition coefficient (Wildman–Crippen LogP) is 1.34. The molecule has 0 unspecified atom stereocenters. The number of carboxylic acids is 1. The van der Waals surface area contributed by atoms with E-state index in [1.165, 1.54) is 0 Å². The van der Waals surface area contributed by atoms with Gasteiger partial charge in [-0.1, -0.05) is 18.2 Å². The van der Waals surface area contributed by atoms with Crippen LogP contribution in [-0.4, -0.2) is 37.6 Å². The van der Waals surface area contributed by atoms with Gasteiger partial charge in [-0.2, -0.15) is 0 Å². The minimum absolute atomic E-state index is 0.114. The van der Waals surface area contributed by atoms with Crippen molar-refractivity contribution in [3.63, 3.8) is 0 Å². The third kappa shape index (κ3) is 6.24. The molecule has 1 N–H and O–H groups in total. The van der Waals surface area contributed by atoms with E-state index < -0.39 is 21.6 Å². The molecule has 0 bridgehead atoms. The standard InChI is InChI=1S/C12H16O5S/c13-12(14)10-18(15,16)9-5-4-8-17-11-6-2-1-3-7-11/h1-3,6-7H,4-5,8-10H2,(H,13,14). The van der Waals surface area contributed by atoms with Gasteiger partial charge in [-0.3, -0.25) is 4.79 Å². The van der Waals surface area contributed by atoms with E-state index in [4.69, 9.17) is 9.84 Å². The van der Waals surface area contributed by atoms with Gasteiger partial charge in [0.15, 0.2) is 9.84 Å². The number of carboxylic acid groups (broad SMARTS) is 1. The lowest BCUT2D eigenvalue weighted by Crippen LogP contribution is -2.18. The first-order chi connectivity index (χ1) is 8.49. The molecule has 0 fully saturated rings. The number of carbonyl (C=O) groups is 1. The number of ether oxygens (including phenoxy) is 1. The van der Waals surface area contributed by atoms with Crippen LogP contribution in [0.2, 0.25) is 0 Å². The molecular weight excluding hydrogens is 256 g/mol. The van der Waals surface area contributed by atoms with Gasteiger partial charge in [0.25, 0.3) is 0 Å². The summed E-state index contributed by atoms with van der Waals surface area (Å²) in [7, 11) is -3.48. The summed E-state index contributed by atoms with van der Waals surface area (Å²) in [5, 5.41) is 8.40. The summed E-state index contributed by atoms with van der Waals surface area (Å²) in [5.74, 6) is -1.48. The maximum Gasteiger partial charge on any atom is 0.318 e. The lowest BCUT2D eigenvalue weighted by Gasteiger charge is -2.05. The molecule has 1 rings (SSSR count). The zero-order valence-electron chi connectivity index (χ0n) is 9.91. The van der Waals surface area contributed by atoms with Crippen molar-refractivity contribution in [2.45, 2.75) is 12.8 Å². The maximum absolute atomic E-state index is 11.3. The smallest absolute Gasteiger partial charge is 0.318 e. The molecule has 0 atom stereocenters. The van der Waals surface area contributed by atoms with Gasteiger partial charge in [-0.15, -0.1) is 0 Å². The van der Waals surface area contributed by atoms with E-state index >= 15 is 0 Å². The van der Waals surface area contributed by atoms with Crippen molar-refractivity contribution in [1.29, 1.82) is 0 Å². The van der Waals surface area contributed by atoms with Crippen LogP contribution in [0, 0.1) is 0 Å². The molecule has 6 heteroatoms. The van der Waals surface area contributed by atoms with Gasteiger partial charge in [-0.25, -0.2) is 8.42 Å². The van der Waals surface area contributed by atoms with Gasteiger partial charge in [0.2, 0.25) is 0 Å². The molecule has 1 aromatic carbocycles.